The zero-order valence-corrected chi connectivity index (χ0v) is 15.6. The van der Waals surface area contributed by atoms with E-state index in [0.717, 1.165) is 19.3 Å². The van der Waals surface area contributed by atoms with E-state index in [-0.39, 0.29) is 0 Å². The van der Waals surface area contributed by atoms with E-state index in [0.29, 0.717) is 0 Å². The van der Waals surface area contributed by atoms with E-state index < -0.39 is 0 Å². The quantitative estimate of drug-likeness (QED) is 0.627. The second-order valence-electron chi connectivity index (χ2n) is 5.22. The molecular formula is C16H27N2Sn. The molecule has 0 unspecified atom stereocenters. The Morgan fingerprint density at radius 2 is 1.11 bits per heavy atom. The predicted molar refractivity (Wildman–Crippen MR) is 83.3 cm³/mol. The third-order valence-electron chi connectivity index (χ3n) is 3.42. The van der Waals surface area contributed by atoms with Gasteiger partial charge in [-0.25, -0.2) is 0 Å². The summed E-state index contributed by atoms with van der Waals surface area (Å²) in [6.45, 7) is 6.73. The van der Waals surface area contributed by atoms with Gasteiger partial charge in [0.25, 0.3) is 0 Å². The van der Waals surface area contributed by atoms with Crippen LogP contribution in [0.5, 0.6) is 0 Å². The van der Waals surface area contributed by atoms with Crippen LogP contribution in [-0.2, 0) is 19.3 Å². The molecule has 1 aromatic heterocycles. The molecule has 3 radical (unpaired) electrons. The zero-order chi connectivity index (χ0) is 14.1. The van der Waals surface area contributed by atoms with Gasteiger partial charge in [0.2, 0.25) is 0 Å². The zero-order valence-electron chi connectivity index (χ0n) is 12.8. The van der Waals surface area contributed by atoms with E-state index >= 15 is 0 Å². The fourth-order valence-electron chi connectivity index (χ4n) is 2.15. The van der Waals surface area contributed by atoms with Gasteiger partial charge in [-0.1, -0.05) is 0 Å². The molecule has 0 aliphatic rings. The normalized spacial score (nSPS) is 10.9. The van der Waals surface area contributed by atoms with Crippen LogP contribution in [0.15, 0.2) is 0 Å². The van der Waals surface area contributed by atoms with E-state index in [1.54, 1.807) is 0 Å². The van der Waals surface area contributed by atoms with E-state index in [2.05, 4.69) is 20.8 Å². The average Bonchev–Trinajstić information content (AvgIpc) is 2.42. The molecule has 1 rings (SSSR count). The van der Waals surface area contributed by atoms with Crippen molar-refractivity contribution < 1.29 is 0 Å². The molecule has 1 aromatic rings. The number of aromatic nitrogens is 2. The summed E-state index contributed by atoms with van der Waals surface area (Å²) in [5.41, 5.74) is 3.83. The van der Waals surface area contributed by atoms with Gasteiger partial charge in [0.05, 0.1) is 0 Å². The Labute approximate surface area is 131 Å². The van der Waals surface area contributed by atoms with Crippen molar-refractivity contribution in [1.82, 2.24) is 9.97 Å². The molecule has 0 atom stereocenters. The Morgan fingerprint density at radius 1 is 0.684 bits per heavy atom. The monoisotopic (exact) mass is 367 g/mol. The molecule has 0 aromatic carbocycles. The van der Waals surface area contributed by atoms with E-state index in [1.165, 1.54) is 81.8 Å². The Kier molecular flexibility index (Phi) is 8.67. The summed E-state index contributed by atoms with van der Waals surface area (Å²) in [4.78, 5) is 9.85. The summed E-state index contributed by atoms with van der Waals surface area (Å²) in [6.07, 6.45) is 10.7. The molecule has 0 N–H and O–H groups in total. The first kappa shape index (κ1) is 16.9. The maximum absolute atomic E-state index is 4.96. The van der Waals surface area contributed by atoms with Crippen molar-refractivity contribution in [3.05, 3.63) is 17.1 Å². The van der Waals surface area contributed by atoms with E-state index in [9.17, 15) is 0 Å². The van der Waals surface area contributed by atoms with Gasteiger partial charge in [0, 0.05) is 0 Å². The SMILES string of the molecule is CCCCc1nc(CCCC)c(CCCC)n[c]1[Sn]. The third-order valence-corrected chi connectivity index (χ3v) is 4.57. The number of hydrogen-bond acceptors (Lipinski definition) is 2. The second kappa shape index (κ2) is 9.73. The van der Waals surface area contributed by atoms with Gasteiger partial charge in [-0.15, -0.1) is 0 Å². The number of rotatable bonds is 9. The van der Waals surface area contributed by atoms with Crippen LogP contribution < -0.4 is 3.71 Å². The molecule has 19 heavy (non-hydrogen) atoms. The van der Waals surface area contributed by atoms with Crippen molar-refractivity contribution in [1.29, 1.82) is 0 Å². The molecule has 0 fully saturated rings. The molecule has 0 spiro atoms. The molecule has 1 heterocycles. The van der Waals surface area contributed by atoms with Crippen molar-refractivity contribution in [3.8, 4) is 0 Å². The van der Waals surface area contributed by atoms with Gasteiger partial charge >= 0.3 is 132 Å². The Morgan fingerprint density at radius 3 is 1.58 bits per heavy atom. The first-order valence-electron chi connectivity index (χ1n) is 7.83. The van der Waals surface area contributed by atoms with Crippen LogP contribution in [-0.4, -0.2) is 32.5 Å². The molecule has 0 saturated heterocycles. The second-order valence-corrected chi connectivity index (χ2v) is 6.57. The minimum atomic E-state index is 1.11. The fourth-order valence-corrected chi connectivity index (χ4v) is 3.05. The summed E-state index contributed by atoms with van der Waals surface area (Å²) < 4.78 is 1.24. The van der Waals surface area contributed by atoms with Crippen molar-refractivity contribution in [3.63, 3.8) is 0 Å². The van der Waals surface area contributed by atoms with Crippen molar-refractivity contribution in [2.45, 2.75) is 78.6 Å². The van der Waals surface area contributed by atoms with Crippen LogP contribution in [0.3, 0.4) is 0 Å². The van der Waals surface area contributed by atoms with Crippen molar-refractivity contribution in [2.75, 3.05) is 0 Å². The maximum atomic E-state index is 4.96. The van der Waals surface area contributed by atoms with Crippen LogP contribution in [0.25, 0.3) is 0 Å². The van der Waals surface area contributed by atoms with Crippen LogP contribution in [0.4, 0.5) is 0 Å². The van der Waals surface area contributed by atoms with Gasteiger partial charge in [0.15, 0.2) is 0 Å². The van der Waals surface area contributed by atoms with Crippen LogP contribution >= 0.6 is 0 Å². The first-order chi connectivity index (χ1) is 9.22. The molecule has 0 saturated carbocycles. The standard InChI is InChI=1S/C16H27N2.Sn/c1-4-7-10-14-13-17-15(11-8-5-2)16(18-14)12-9-6-3;/h4-12H2,1-3H3;. The molecule has 105 valence electrons. The van der Waals surface area contributed by atoms with Crippen molar-refractivity contribution >= 4 is 26.2 Å². The first-order valence-corrected chi connectivity index (χ1v) is 9.25. The van der Waals surface area contributed by atoms with Crippen LogP contribution in [0.2, 0.25) is 0 Å². The molecule has 0 aliphatic heterocycles. The molecule has 2 nitrogen and oxygen atoms in total. The molecular weight excluding hydrogens is 339 g/mol. The number of nitrogens with zero attached hydrogens (tertiary/aromatic N) is 2. The van der Waals surface area contributed by atoms with Crippen molar-refractivity contribution in [2.24, 2.45) is 0 Å². The Hall–Kier alpha value is -0.121. The van der Waals surface area contributed by atoms with Gasteiger partial charge in [0.1, 0.15) is 0 Å². The number of aryl methyl sites for hydroxylation is 3. The topological polar surface area (TPSA) is 25.8 Å². The van der Waals surface area contributed by atoms with E-state index in [4.69, 9.17) is 9.97 Å². The van der Waals surface area contributed by atoms with Gasteiger partial charge in [-0.3, -0.25) is 0 Å². The average molecular weight is 366 g/mol. The fraction of sp³-hybridized carbons (Fsp3) is 0.750. The summed E-state index contributed by atoms with van der Waals surface area (Å²) in [6, 6.07) is 0. The Bertz CT molecular complexity index is 377. The third kappa shape index (κ3) is 5.80. The van der Waals surface area contributed by atoms with Gasteiger partial charge in [-0.2, -0.15) is 0 Å². The molecule has 3 heteroatoms. The van der Waals surface area contributed by atoms with Gasteiger partial charge < -0.3 is 0 Å². The van der Waals surface area contributed by atoms with Crippen LogP contribution in [0.1, 0.15) is 76.4 Å². The number of unbranched alkanes of at least 4 members (excludes halogenated alkanes) is 3. The van der Waals surface area contributed by atoms with Crippen LogP contribution in [0, 0.1) is 0 Å². The summed E-state index contributed by atoms with van der Waals surface area (Å²) >= 11 is 1.41. The summed E-state index contributed by atoms with van der Waals surface area (Å²) in [5, 5.41) is 0. The molecule has 0 amide bonds. The predicted octanol–water partition coefficient (Wildman–Crippen LogP) is 3.30. The summed E-state index contributed by atoms with van der Waals surface area (Å²) in [5.74, 6) is 0. The molecule has 0 bridgehead atoms. The summed E-state index contributed by atoms with van der Waals surface area (Å²) in [7, 11) is 0. The van der Waals surface area contributed by atoms with E-state index in [1.807, 2.05) is 0 Å². The van der Waals surface area contributed by atoms with Gasteiger partial charge in [-0.05, 0) is 0 Å². The number of hydrogen-bond donors (Lipinski definition) is 0. The Balaban J connectivity index is 2.91. The molecule has 0 aliphatic carbocycles. The minimum absolute atomic E-state index is 1.11.